The highest BCUT2D eigenvalue weighted by Gasteiger charge is 2.29. The summed E-state index contributed by atoms with van der Waals surface area (Å²) in [7, 11) is 4.26. The van der Waals surface area contributed by atoms with Crippen molar-refractivity contribution < 1.29 is 23.7 Å². The van der Waals surface area contributed by atoms with Crippen molar-refractivity contribution in [2.24, 2.45) is 0 Å². The third-order valence-electron chi connectivity index (χ3n) is 1.48. The van der Waals surface area contributed by atoms with Gasteiger partial charge in [-0.15, -0.1) is 0 Å². The molecule has 0 saturated heterocycles. The maximum Gasteiger partial charge on any atom is 0.340 e. The Bertz CT molecular complexity index is 143. The van der Waals surface area contributed by atoms with E-state index in [1.165, 1.54) is 21.3 Å². The van der Waals surface area contributed by atoms with Gasteiger partial charge in [-0.05, 0) is 6.92 Å². The van der Waals surface area contributed by atoms with Crippen LogP contribution in [0.1, 0.15) is 6.92 Å². The van der Waals surface area contributed by atoms with Crippen LogP contribution in [0.2, 0.25) is 0 Å². The Hall–Kier alpha value is -0.650. The Kier molecular flexibility index (Phi) is 6.48. The number of hydrogen-bond acceptors (Lipinski definition) is 5. The summed E-state index contributed by atoms with van der Waals surface area (Å²) in [4.78, 5) is 11.2. The summed E-state index contributed by atoms with van der Waals surface area (Å²) in [6, 6.07) is 0. The van der Waals surface area contributed by atoms with Crippen LogP contribution in [0.4, 0.5) is 0 Å². The zero-order valence-corrected chi connectivity index (χ0v) is 8.40. The quantitative estimate of drug-likeness (QED) is 0.444. The Morgan fingerprint density at radius 2 is 1.69 bits per heavy atom. The number of esters is 1. The lowest BCUT2D eigenvalue weighted by Gasteiger charge is -2.21. The zero-order chi connectivity index (χ0) is 10.3. The largest absolute Gasteiger partial charge is 0.464 e. The van der Waals surface area contributed by atoms with Crippen LogP contribution < -0.4 is 0 Å². The maximum atomic E-state index is 11.2. The van der Waals surface area contributed by atoms with Crippen molar-refractivity contribution in [3.05, 3.63) is 0 Å². The molecule has 0 heterocycles. The molecular formula is C8H16O5. The lowest BCUT2D eigenvalue weighted by atomic mass is 10.3. The van der Waals surface area contributed by atoms with Gasteiger partial charge in [0.05, 0.1) is 6.61 Å². The van der Waals surface area contributed by atoms with E-state index in [2.05, 4.69) is 0 Å². The summed E-state index contributed by atoms with van der Waals surface area (Å²) in [5, 5.41) is 0. The highest BCUT2D eigenvalue weighted by Crippen LogP contribution is 2.05. The van der Waals surface area contributed by atoms with Gasteiger partial charge in [0, 0.05) is 21.3 Å². The first-order valence-electron chi connectivity index (χ1n) is 3.96. The minimum atomic E-state index is -0.838. The van der Waals surface area contributed by atoms with Gasteiger partial charge in [-0.25, -0.2) is 4.79 Å². The molecule has 0 aromatic carbocycles. The van der Waals surface area contributed by atoms with Gasteiger partial charge in [-0.1, -0.05) is 0 Å². The highest BCUT2D eigenvalue weighted by molar-refractivity contribution is 5.75. The molecule has 0 amide bonds. The monoisotopic (exact) mass is 192 g/mol. The van der Waals surface area contributed by atoms with Gasteiger partial charge >= 0.3 is 5.97 Å². The molecule has 0 aliphatic carbocycles. The molecule has 5 nitrogen and oxygen atoms in total. The van der Waals surface area contributed by atoms with E-state index in [1.807, 2.05) is 0 Å². The molecule has 0 aliphatic rings. The fourth-order valence-corrected chi connectivity index (χ4v) is 0.886. The second-order valence-electron chi connectivity index (χ2n) is 2.25. The van der Waals surface area contributed by atoms with Gasteiger partial charge in [-0.3, -0.25) is 0 Å². The number of ether oxygens (including phenoxy) is 4. The van der Waals surface area contributed by atoms with Crippen LogP contribution in [0, 0.1) is 0 Å². The first-order chi connectivity index (χ1) is 6.21. The Labute approximate surface area is 77.9 Å². The van der Waals surface area contributed by atoms with E-state index in [0.29, 0.717) is 6.61 Å². The van der Waals surface area contributed by atoms with Crippen LogP contribution in [0.15, 0.2) is 0 Å². The average molecular weight is 192 g/mol. The van der Waals surface area contributed by atoms with Crippen molar-refractivity contribution in [1.29, 1.82) is 0 Å². The summed E-state index contributed by atoms with van der Waals surface area (Å²) in [5.74, 6) is -0.487. The number of carbonyl (C=O) groups is 1. The van der Waals surface area contributed by atoms with E-state index in [0.717, 1.165) is 0 Å². The molecule has 0 fully saturated rings. The molecule has 0 rings (SSSR count). The number of rotatable bonds is 6. The van der Waals surface area contributed by atoms with Gasteiger partial charge in [-0.2, -0.15) is 0 Å². The predicted octanol–water partition coefficient (Wildman–Crippen LogP) is 0.183. The molecule has 0 aromatic heterocycles. The summed E-state index contributed by atoms with van der Waals surface area (Å²) in [6.07, 6.45) is -1.57. The Morgan fingerprint density at radius 1 is 1.15 bits per heavy atom. The molecule has 0 N–H and O–H groups in total. The molecule has 0 saturated carbocycles. The Balaban J connectivity index is 4.20. The molecule has 0 spiro atoms. The van der Waals surface area contributed by atoms with E-state index < -0.39 is 18.4 Å². The van der Waals surface area contributed by atoms with E-state index in [-0.39, 0.29) is 0 Å². The van der Waals surface area contributed by atoms with Gasteiger partial charge in [0.1, 0.15) is 0 Å². The van der Waals surface area contributed by atoms with Crippen LogP contribution in [-0.2, 0) is 23.7 Å². The van der Waals surface area contributed by atoms with Crippen molar-refractivity contribution in [2.45, 2.75) is 19.3 Å². The van der Waals surface area contributed by atoms with Gasteiger partial charge in [0.2, 0.25) is 6.10 Å². The third kappa shape index (κ3) is 3.71. The van der Waals surface area contributed by atoms with Crippen LogP contribution >= 0.6 is 0 Å². The normalized spacial score (nSPS) is 13.0. The van der Waals surface area contributed by atoms with Gasteiger partial charge < -0.3 is 18.9 Å². The lowest BCUT2D eigenvalue weighted by Crippen LogP contribution is -2.39. The van der Waals surface area contributed by atoms with Crippen molar-refractivity contribution in [3.63, 3.8) is 0 Å². The molecule has 13 heavy (non-hydrogen) atoms. The molecule has 0 bridgehead atoms. The molecule has 0 radical (unpaired) electrons. The predicted molar refractivity (Wildman–Crippen MR) is 45.2 cm³/mol. The van der Waals surface area contributed by atoms with Crippen LogP contribution in [0.25, 0.3) is 0 Å². The van der Waals surface area contributed by atoms with E-state index in [4.69, 9.17) is 18.9 Å². The number of carbonyl (C=O) groups excluding carboxylic acids is 1. The molecule has 1 atom stereocenters. The SMILES string of the molecule is CCOC(=O)C(OC)C(OC)OC. The smallest absolute Gasteiger partial charge is 0.340 e. The van der Waals surface area contributed by atoms with Crippen LogP contribution in [-0.4, -0.2) is 46.3 Å². The minimum absolute atomic E-state index is 0.304. The van der Waals surface area contributed by atoms with Crippen molar-refractivity contribution in [2.75, 3.05) is 27.9 Å². The summed E-state index contributed by atoms with van der Waals surface area (Å²) < 4.78 is 19.4. The van der Waals surface area contributed by atoms with Crippen molar-refractivity contribution in [3.8, 4) is 0 Å². The molecular weight excluding hydrogens is 176 g/mol. The summed E-state index contributed by atoms with van der Waals surface area (Å²) >= 11 is 0. The zero-order valence-electron chi connectivity index (χ0n) is 8.40. The van der Waals surface area contributed by atoms with E-state index in [9.17, 15) is 4.79 Å². The summed E-state index contributed by atoms with van der Waals surface area (Å²) in [5.41, 5.74) is 0. The second kappa shape index (κ2) is 6.82. The molecule has 78 valence electrons. The van der Waals surface area contributed by atoms with Crippen molar-refractivity contribution >= 4 is 5.97 Å². The maximum absolute atomic E-state index is 11.2. The third-order valence-corrected chi connectivity index (χ3v) is 1.48. The lowest BCUT2D eigenvalue weighted by molar-refractivity contribution is -0.197. The molecule has 0 aromatic rings. The number of hydrogen-bond donors (Lipinski definition) is 0. The summed E-state index contributed by atoms with van der Waals surface area (Å²) in [6.45, 7) is 2.03. The van der Waals surface area contributed by atoms with Crippen LogP contribution in [0.3, 0.4) is 0 Å². The fourth-order valence-electron chi connectivity index (χ4n) is 0.886. The van der Waals surface area contributed by atoms with Crippen molar-refractivity contribution in [1.82, 2.24) is 0 Å². The van der Waals surface area contributed by atoms with E-state index >= 15 is 0 Å². The van der Waals surface area contributed by atoms with E-state index in [1.54, 1.807) is 6.92 Å². The van der Waals surface area contributed by atoms with Gasteiger partial charge in [0.15, 0.2) is 6.29 Å². The average Bonchev–Trinajstić information content (AvgIpc) is 2.14. The standard InChI is InChI=1S/C8H16O5/c1-5-13-7(9)6(10-2)8(11-3)12-4/h6,8H,5H2,1-4H3. The Morgan fingerprint density at radius 3 is 2.00 bits per heavy atom. The minimum Gasteiger partial charge on any atom is -0.464 e. The topological polar surface area (TPSA) is 54.0 Å². The molecule has 1 unspecified atom stereocenters. The highest BCUT2D eigenvalue weighted by atomic mass is 16.7. The first kappa shape index (κ1) is 12.3. The van der Waals surface area contributed by atoms with Crippen LogP contribution in [0.5, 0.6) is 0 Å². The second-order valence-corrected chi connectivity index (χ2v) is 2.25. The molecule has 5 heteroatoms. The first-order valence-corrected chi connectivity index (χ1v) is 3.96. The fraction of sp³-hybridized carbons (Fsp3) is 0.875. The molecule has 0 aliphatic heterocycles. The number of methoxy groups -OCH3 is 3. The van der Waals surface area contributed by atoms with Gasteiger partial charge in [0.25, 0.3) is 0 Å².